The van der Waals surface area contributed by atoms with Gasteiger partial charge in [-0.1, -0.05) is 0 Å². The van der Waals surface area contributed by atoms with E-state index in [0.717, 1.165) is 18.2 Å². The van der Waals surface area contributed by atoms with Crippen LogP contribution in [-0.4, -0.2) is 11.2 Å². The molecule has 0 radical (unpaired) electrons. The van der Waals surface area contributed by atoms with Gasteiger partial charge in [-0.3, -0.25) is 0 Å². The van der Waals surface area contributed by atoms with Gasteiger partial charge in [0.25, 0.3) is 0 Å². The molecule has 0 heterocycles. The molecule has 3 N–H and O–H groups in total. The smallest absolute Gasteiger partial charge is 0.410 e. The molecule has 1 aromatic rings. The number of hydrogen-bond acceptors (Lipinski definition) is 3. The zero-order chi connectivity index (χ0) is 14.1. The Morgan fingerprint density at radius 1 is 1.28 bits per heavy atom. The fourth-order valence-corrected chi connectivity index (χ4v) is 1.46. The molecule has 0 fully saturated rings. The van der Waals surface area contributed by atoms with Crippen molar-refractivity contribution in [2.24, 2.45) is 5.73 Å². The lowest BCUT2D eigenvalue weighted by atomic mass is 9.92. The van der Waals surface area contributed by atoms with Crippen LogP contribution in [0.2, 0.25) is 0 Å². The van der Waals surface area contributed by atoms with Crippen LogP contribution in [0.15, 0.2) is 18.2 Å². The Morgan fingerprint density at radius 3 is 2.22 bits per heavy atom. The summed E-state index contributed by atoms with van der Waals surface area (Å²) in [6, 6.07) is 2.63. The quantitative estimate of drug-likeness (QED) is 0.860. The largest absolute Gasteiger partial charge is 0.416 e. The van der Waals surface area contributed by atoms with Crippen molar-refractivity contribution >= 4 is 6.09 Å². The second-order valence-corrected chi connectivity index (χ2v) is 4.19. The van der Waals surface area contributed by atoms with Crippen molar-refractivity contribution in [3.63, 3.8) is 0 Å². The third kappa shape index (κ3) is 3.36. The van der Waals surface area contributed by atoms with E-state index in [0.29, 0.717) is 0 Å². The predicted molar refractivity (Wildman–Crippen MR) is 56.9 cm³/mol. The molecular weight excluding hydrogens is 251 g/mol. The van der Waals surface area contributed by atoms with Crippen LogP contribution in [0.4, 0.5) is 18.0 Å². The van der Waals surface area contributed by atoms with Crippen LogP contribution >= 0.6 is 0 Å². The highest BCUT2D eigenvalue weighted by Gasteiger charge is 2.37. The van der Waals surface area contributed by atoms with Crippen molar-refractivity contribution in [2.45, 2.75) is 25.6 Å². The van der Waals surface area contributed by atoms with Crippen LogP contribution in [0.1, 0.15) is 25.0 Å². The van der Waals surface area contributed by atoms with Crippen molar-refractivity contribution in [3.05, 3.63) is 29.3 Å². The molecule has 0 aliphatic heterocycles. The van der Waals surface area contributed by atoms with Crippen molar-refractivity contribution in [2.75, 3.05) is 0 Å². The van der Waals surface area contributed by atoms with Gasteiger partial charge in [-0.05, 0) is 37.6 Å². The summed E-state index contributed by atoms with van der Waals surface area (Å²) in [4.78, 5) is 10.5. The van der Waals surface area contributed by atoms with Crippen LogP contribution in [0.3, 0.4) is 0 Å². The van der Waals surface area contributed by atoms with Gasteiger partial charge in [0.15, 0.2) is 0 Å². The molecule has 0 saturated heterocycles. The Bertz CT molecular complexity index is 464. The molecule has 0 aromatic heterocycles. The summed E-state index contributed by atoms with van der Waals surface area (Å²) < 4.78 is 42.7. The number of amides is 1. The first-order chi connectivity index (χ1) is 8.01. The predicted octanol–water partition coefficient (Wildman–Crippen LogP) is 2.39. The van der Waals surface area contributed by atoms with E-state index in [1.165, 1.54) is 13.8 Å². The van der Waals surface area contributed by atoms with Crippen molar-refractivity contribution < 1.29 is 27.8 Å². The summed E-state index contributed by atoms with van der Waals surface area (Å²) in [6.07, 6.45) is -5.75. The number of primary amides is 1. The molecule has 0 aliphatic rings. The Hall–Kier alpha value is -1.76. The molecule has 0 unspecified atom stereocenters. The molecule has 4 nitrogen and oxygen atoms in total. The molecule has 0 bridgehead atoms. The van der Waals surface area contributed by atoms with Crippen molar-refractivity contribution in [3.8, 4) is 5.75 Å². The van der Waals surface area contributed by atoms with Gasteiger partial charge >= 0.3 is 12.3 Å². The maximum absolute atomic E-state index is 12.7. The van der Waals surface area contributed by atoms with Crippen molar-refractivity contribution in [1.29, 1.82) is 0 Å². The highest BCUT2D eigenvalue weighted by atomic mass is 19.4. The number of alkyl halides is 3. The molecule has 0 spiro atoms. The lowest BCUT2D eigenvalue weighted by molar-refractivity contribution is -0.140. The highest BCUT2D eigenvalue weighted by molar-refractivity contribution is 5.68. The van der Waals surface area contributed by atoms with E-state index in [-0.39, 0.29) is 5.75 Å². The maximum Gasteiger partial charge on any atom is 0.416 e. The summed E-state index contributed by atoms with van der Waals surface area (Å²) >= 11 is 0. The van der Waals surface area contributed by atoms with Gasteiger partial charge in [0.2, 0.25) is 0 Å². The third-order valence-electron chi connectivity index (χ3n) is 2.17. The first-order valence-electron chi connectivity index (χ1n) is 4.93. The van der Waals surface area contributed by atoms with Gasteiger partial charge in [-0.25, -0.2) is 4.79 Å². The zero-order valence-electron chi connectivity index (χ0n) is 9.71. The topological polar surface area (TPSA) is 72.6 Å². The lowest BCUT2D eigenvalue weighted by Crippen LogP contribution is -2.23. The van der Waals surface area contributed by atoms with E-state index in [1.807, 2.05) is 0 Å². The van der Waals surface area contributed by atoms with Gasteiger partial charge in [0.1, 0.15) is 5.75 Å². The Labute approximate surface area is 101 Å². The molecular formula is C11H12F3NO3. The van der Waals surface area contributed by atoms with Gasteiger partial charge < -0.3 is 15.6 Å². The highest BCUT2D eigenvalue weighted by Crippen LogP contribution is 2.38. The minimum Gasteiger partial charge on any atom is -0.410 e. The summed E-state index contributed by atoms with van der Waals surface area (Å²) in [5.41, 5.74) is 1.64. The normalized spacial score (nSPS) is 12.3. The monoisotopic (exact) mass is 263 g/mol. The van der Waals surface area contributed by atoms with Crippen LogP contribution in [0.5, 0.6) is 5.75 Å². The Morgan fingerprint density at radius 2 is 1.83 bits per heavy atom. The molecule has 7 heteroatoms. The summed E-state index contributed by atoms with van der Waals surface area (Å²) in [6.45, 7) is 2.40. The van der Waals surface area contributed by atoms with E-state index in [2.05, 4.69) is 4.74 Å². The molecule has 0 atom stereocenters. The standard InChI is InChI=1S/C11H12F3NO3/c1-10(2,17)8-5-6(18-9(15)16)3-4-7(8)11(12,13)14/h3-5,17H,1-2H3,(H2,15,16). The minimum absolute atomic E-state index is 0.160. The number of carbonyl (C=O) groups is 1. The van der Waals surface area contributed by atoms with E-state index in [1.54, 1.807) is 0 Å². The number of carbonyl (C=O) groups excluding carboxylic acids is 1. The molecule has 18 heavy (non-hydrogen) atoms. The molecule has 1 amide bonds. The van der Waals surface area contributed by atoms with E-state index in [9.17, 15) is 23.1 Å². The number of benzene rings is 1. The van der Waals surface area contributed by atoms with Crippen LogP contribution in [0, 0.1) is 0 Å². The lowest BCUT2D eigenvalue weighted by Gasteiger charge is -2.23. The van der Waals surface area contributed by atoms with Crippen LogP contribution in [-0.2, 0) is 11.8 Å². The first-order valence-corrected chi connectivity index (χ1v) is 4.93. The maximum atomic E-state index is 12.7. The number of hydrogen-bond donors (Lipinski definition) is 2. The first kappa shape index (κ1) is 14.3. The van der Waals surface area contributed by atoms with Crippen LogP contribution in [0.25, 0.3) is 0 Å². The van der Waals surface area contributed by atoms with Gasteiger partial charge in [0.05, 0.1) is 11.2 Å². The SMILES string of the molecule is CC(C)(O)c1cc(OC(N)=O)ccc1C(F)(F)F. The third-order valence-corrected chi connectivity index (χ3v) is 2.17. The number of rotatable bonds is 2. The number of ether oxygens (including phenoxy) is 1. The summed E-state index contributed by atoms with van der Waals surface area (Å²) in [5.74, 6) is -0.160. The fraction of sp³-hybridized carbons (Fsp3) is 0.364. The van der Waals surface area contributed by atoms with Crippen LogP contribution < -0.4 is 10.5 Å². The number of halogens is 3. The molecule has 100 valence electrons. The van der Waals surface area contributed by atoms with E-state index >= 15 is 0 Å². The second-order valence-electron chi connectivity index (χ2n) is 4.19. The van der Waals surface area contributed by atoms with E-state index in [4.69, 9.17) is 5.73 Å². The van der Waals surface area contributed by atoms with Gasteiger partial charge in [-0.2, -0.15) is 13.2 Å². The zero-order valence-corrected chi connectivity index (χ0v) is 9.71. The Kier molecular flexibility index (Phi) is 3.57. The second kappa shape index (κ2) is 4.49. The molecule has 0 aliphatic carbocycles. The average Bonchev–Trinajstić information content (AvgIpc) is 2.13. The summed E-state index contributed by atoms with van der Waals surface area (Å²) in [5, 5.41) is 9.72. The Balaban J connectivity index is 3.35. The average molecular weight is 263 g/mol. The molecule has 0 saturated carbocycles. The molecule has 1 rings (SSSR count). The molecule has 1 aromatic carbocycles. The van der Waals surface area contributed by atoms with Gasteiger partial charge in [-0.15, -0.1) is 0 Å². The number of aliphatic hydroxyl groups is 1. The minimum atomic E-state index is -4.61. The van der Waals surface area contributed by atoms with Gasteiger partial charge in [0, 0.05) is 0 Å². The van der Waals surface area contributed by atoms with E-state index < -0.39 is 29.0 Å². The number of nitrogens with two attached hydrogens (primary N) is 1. The summed E-state index contributed by atoms with van der Waals surface area (Å²) in [7, 11) is 0. The fourth-order valence-electron chi connectivity index (χ4n) is 1.46. The van der Waals surface area contributed by atoms with Crippen molar-refractivity contribution in [1.82, 2.24) is 0 Å².